The molecule has 0 spiro atoms. The third-order valence-corrected chi connectivity index (χ3v) is 4.79. The van der Waals surface area contributed by atoms with Crippen LogP contribution in [0.3, 0.4) is 0 Å². The van der Waals surface area contributed by atoms with E-state index in [9.17, 15) is 4.79 Å². The van der Waals surface area contributed by atoms with Crippen LogP contribution in [-0.2, 0) is 11.3 Å². The Hall–Kier alpha value is -0.780. The van der Waals surface area contributed by atoms with Crippen LogP contribution in [-0.4, -0.2) is 23.8 Å². The summed E-state index contributed by atoms with van der Waals surface area (Å²) in [7, 11) is 0. The first-order valence-electron chi connectivity index (χ1n) is 7.64. The second-order valence-electron chi connectivity index (χ2n) is 6.45. The van der Waals surface area contributed by atoms with Gasteiger partial charge in [0.2, 0.25) is 0 Å². The number of ether oxygens (including phenoxy) is 1. The molecule has 2 N–H and O–H groups in total. The number of thiophene rings is 1. The van der Waals surface area contributed by atoms with Crippen LogP contribution >= 0.6 is 22.9 Å². The summed E-state index contributed by atoms with van der Waals surface area (Å²) in [5, 5.41) is 9.13. The van der Waals surface area contributed by atoms with E-state index in [4.69, 9.17) is 16.3 Å². The molecule has 1 amide bonds. The van der Waals surface area contributed by atoms with Crippen LogP contribution in [0, 0.1) is 0 Å². The van der Waals surface area contributed by atoms with Gasteiger partial charge in [0.05, 0.1) is 10.6 Å². The summed E-state index contributed by atoms with van der Waals surface area (Å²) < 4.78 is 5.37. The summed E-state index contributed by atoms with van der Waals surface area (Å²) in [6, 6.07) is 1.96. The fourth-order valence-corrected chi connectivity index (χ4v) is 3.16. The van der Waals surface area contributed by atoms with Gasteiger partial charge in [0.1, 0.15) is 5.60 Å². The van der Waals surface area contributed by atoms with E-state index in [0.29, 0.717) is 6.54 Å². The van der Waals surface area contributed by atoms with Gasteiger partial charge in [0.15, 0.2) is 0 Å². The number of hydrogen-bond donors (Lipinski definition) is 2. The zero-order chi connectivity index (χ0) is 16.8. The van der Waals surface area contributed by atoms with E-state index in [1.807, 2.05) is 32.2 Å². The van der Waals surface area contributed by atoms with Gasteiger partial charge in [-0.1, -0.05) is 25.4 Å². The molecular weight excluding hydrogens is 320 g/mol. The molecule has 0 radical (unpaired) electrons. The van der Waals surface area contributed by atoms with Gasteiger partial charge < -0.3 is 15.4 Å². The number of halogens is 1. The van der Waals surface area contributed by atoms with Gasteiger partial charge >= 0.3 is 6.09 Å². The van der Waals surface area contributed by atoms with Crippen LogP contribution in [0.5, 0.6) is 0 Å². The van der Waals surface area contributed by atoms with Crippen molar-refractivity contribution >= 4 is 29.0 Å². The fraction of sp³-hybridized carbons (Fsp3) is 0.688. The highest BCUT2D eigenvalue weighted by molar-refractivity contribution is 7.10. The van der Waals surface area contributed by atoms with Crippen molar-refractivity contribution in [2.45, 2.75) is 65.1 Å². The molecule has 0 saturated carbocycles. The normalized spacial score (nSPS) is 12.3. The minimum atomic E-state index is -0.488. The first-order chi connectivity index (χ1) is 10.2. The Morgan fingerprint density at radius 1 is 1.32 bits per heavy atom. The number of hydrogen-bond acceptors (Lipinski definition) is 4. The number of carbonyl (C=O) groups excluding carboxylic acids is 1. The first kappa shape index (κ1) is 19.3. The largest absolute Gasteiger partial charge is 0.444 e. The molecule has 4 nitrogen and oxygen atoms in total. The highest BCUT2D eigenvalue weighted by Gasteiger charge is 2.30. The molecular formula is C16H27ClN2O2S. The molecule has 1 heterocycles. The molecule has 126 valence electrons. The Balaban J connectivity index is 2.56. The van der Waals surface area contributed by atoms with Crippen LogP contribution in [0.15, 0.2) is 11.4 Å². The number of nitrogens with one attached hydrogen (secondary N) is 2. The Bertz CT molecular complexity index is 479. The molecule has 0 saturated heterocycles. The minimum Gasteiger partial charge on any atom is -0.444 e. The van der Waals surface area contributed by atoms with E-state index in [-0.39, 0.29) is 11.6 Å². The summed E-state index contributed by atoms with van der Waals surface area (Å²) in [5.74, 6) is 0. The zero-order valence-electron chi connectivity index (χ0n) is 14.1. The Labute approximate surface area is 142 Å². The maximum atomic E-state index is 12.1. The van der Waals surface area contributed by atoms with E-state index in [1.54, 1.807) is 11.3 Å². The molecule has 0 bridgehead atoms. The smallest absolute Gasteiger partial charge is 0.408 e. The molecule has 0 fully saturated rings. The SMILES string of the molecule is CCC(CC)(CNCc1cc(Cl)cs1)NC(=O)OC(C)(C)C. The van der Waals surface area contributed by atoms with Gasteiger partial charge in [-0.05, 0) is 39.7 Å². The van der Waals surface area contributed by atoms with Gasteiger partial charge in [-0.3, -0.25) is 0 Å². The van der Waals surface area contributed by atoms with Gasteiger partial charge in [-0.2, -0.15) is 0 Å². The number of amides is 1. The fourth-order valence-electron chi connectivity index (χ4n) is 2.11. The summed E-state index contributed by atoms with van der Waals surface area (Å²) >= 11 is 7.55. The van der Waals surface area contributed by atoms with Crippen LogP contribution < -0.4 is 10.6 Å². The molecule has 0 atom stereocenters. The summed E-state index contributed by atoms with van der Waals surface area (Å²) in [4.78, 5) is 13.2. The lowest BCUT2D eigenvalue weighted by Gasteiger charge is -2.34. The van der Waals surface area contributed by atoms with Gasteiger partial charge in [-0.25, -0.2) is 4.79 Å². The van der Waals surface area contributed by atoms with Crippen molar-refractivity contribution in [1.82, 2.24) is 10.6 Å². The monoisotopic (exact) mass is 346 g/mol. The first-order valence-corrected chi connectivity index (χ1v) is 8.90. The van der Waals surface area contributed by atoms with Gasteiger partial charge in [-0.15, -0.1) is 11.3 Å². The molecule has 6 heteroatoms. The molecule has 0 aliphatic carbocycles. The van der Waals surface area contributed by atoms with E-state index < -0.39 is 5.60 Å². The summed E-state index contributed by atoms with van der Waals surface area (Å²) in [5.41, 5.74) is -0.790. The Kier molecular flexibility index (Phi) is 7.16. The summed E-state index contributed by atoms with van der Waals surface area (Å²) in [6.45, 7) is 11.2. The predicted octanol–water partition coefficient (Wildman–Crippen LogP) is 4.57. The summed E-state index contributed by atoms with van der Waals surface area (Å²) in [6.07, 6.45) is 1.30. The topological polar surface area (TPSA) is 50.4 Å². The second kappa shape index (κ2) is 8.18. The maximum Gasteiger partial charge on any atom is 0.408 e. The maximum absolute atomic E-state index is 12.1. The van der Waals surface area contributed by atoms with Crippen LogP contribution in [0.1, 0.15) is 52.3 Å². The number of rotatable bonds is 7. The minimum absolute atomic E-state index is 0.302. The van der Waals surface area contributed by atoms with Crippen LogP contribution in [0.2, 0.25) is 5.02 Å². The van der Waals surface area contributed by atoms with Crippen molar-refractivity contribution in [2.75, 3.05) is 6.54 Å². The van der Waals surface area contributed by atoms with E-state index in [0.717, 1.165) is 24.4 Å². The predicted molar refractivity (Wildman–Crippen MR) is 93.7 cm³/mol. The standard InChI is InChI=1S/C16H27ClN2O2S/c1-6-16(7-2,19-14(20)21-15(3,4)5)11-18-9-13-8-12(17)10-22-13/h8,10,18H,6-7,9,11H2,1-5H3,(H,19,20). The third kappa shape index (κ3) is 6.55. The zero-order valence-corrected chi connectivity index (χ0v) is 15.7. The number of alkyl carbamates (subject to hydrolysis) is 1. The molecule has 1 rings (SSSR count). The van der Waals surface area contributed by atoms with Crippen molar-refractivity contribution in [2.24, 2.45) is 0 Å². The molecule has 22 heavy (non-hydrogen) atoms. The average Bonchev–Trinajstić information content (AvgIpc) is 2.81. The lowest BCUT2D eigenvalue weighted by molar-refractivity contribution is 0.0446. The third-order valence-electron chi connectivity index (χ3n) is 3.50. The van der Waals surface area contributed by atoms with Crippen molar-refractivity contribution < 1.29 is 9.53 Å². The van der Waals surface area contributed by atoms with Gasteiger partial charge in [0, 0.05) is 23.3 Å². The van der Waals surface area contributed by atoms with Crippen molar-refractivity contribution in [3.63, 3.8) is 0 Å². The van der Waals surface area contributed by atoms with Crippen molar-refractivity contribution in [1.29, 1.82) is 0 Å². The molecule has 1 aromatic heterocycles. The van der Waals surface area contributed by atoms with Crippen LogP contribution in [0.25, 0.3) is 0 Å². The molecule has 0 aromatic carbocycles. The highest BCUT2D eigenvalue weighted by atomic mass is 35.5. The Morgan fingerprint density at radius 3 is 2.41 bits per heavy atom. The van der Waals surface area contributed by atoms with E-state index in [1.165, 1.54) is 4.88 Å². The van der Waals surface area contributed by atoms with Crippen LogP contribution in [0.4, 0.5) is 4.79 Å². The van der Waals surface area contributed by atoms with Gasteiger partial charge in [0.25, 0.3) is 0 Å². The van der Waals surface area contributed by atoms with Crippen molar-refractivity contribution in [3.05, 3.63) is 21.3 Å². The lowest BCUT2D eigenvalue weighted by atomic mass is 9.93. The molecule has 0 aliphatic rings. The number of carbonyl (C=O) groups is 1. The molecule has 0 unspecified atom stereocenters. The Morgan fingerprint density at radius 2 is 1.95 bits per heavy atom. The molecule has 1 aromatic rings. The average molecular weight is 347 g/mol. The highest BCUT2D eigenvalue weighted by Crippen LogP contribution is 2.20. The van der Waals surface area contributed by atoms with Crippen molar-refractivity contribution in [3.8, 4) is 0 Å². The molecule has 0 aliphatic heterocycles. The quantitative estimate of drug-likeness (QED) is 0.760. The lowest BCUT2D eigenvalue weighted by Crippen LogP contribution is -2.55. The van der Waals surface area contributed by atoms with E-state index >= 15 is 0 Å². The second-order valence-corrected chi connectivity index (χ2v) is 7.88. The van der Waals surface area contributed by atoms with E-state index in [2.05, 4.69) is 24.5 Å².